The van der Waals surface area contributed by atoms with Crippen LogP contribution < -0.4 is 0 Å². The van der Waals surface area contributed by atoms with Gasteiger partial charge in [0.1, 0.15) is 5.82 Å². The number of hydrogen-bond acceptors (Lipinski definition) is 2. The van der Waals surface area contributed by atoms with E-state index in [1.807, 2.05) is 50.5 Å². The largest absolute Gasteiger partial charge is 0.337 e. The second-order valence-electron chi connectivity index (χ2n) is 5.92. The molecule has 3 nitrogen and oxygen atoms in total. The minimum Gasteiger partial charge on any atom is -0.337 e. The highest BCUT2D eigenvalue weighted by atomic mass is 19.1. The molecule has 0 fully saturated rings. The Bertz CT molecular complexity index is 452. The Morgan fingerprint density at radius 1 is 1.19 bits per heavy atom. The highest BCUT2D eigenvalue weighted by Crippen LogP contribution is 2.10. The quantitative estimate of drug-likeness (QED) is 0.770. The Hall–Kier alpha value is -1.42. The molecule has 0 saturated carbocycles. The van der Waals surface area contributed by atoms with E-state index < -0.39 is 0 Å². The van der Waals surface area contributed by atoms with Gasteiger partial charge in [-0.25, -0.2) is 4.39 Å². The Labute approximate surface area is 127 Å². The number of benzene rings is 1. The summed E-state index contributed by atoms with van der Waals surface area (Å²) in [5.74, 6) is -0.112. The van der Waals surface area contributed by atoms with Gasteiger partial charge in [-0.1, -0.05) is 19.1 Å². The molecule has 0 aliphatic heterocycles. The van der Waals surface area contributed by atoms with E-state index in [1.165, 1.54) is 12.1 Å². The van der Waals surface area contributed by atoms with Crippen molar-refractivity contribution in [3.05, 3.63) is 35.6 Å². The van der Waals surface area contributed by atoms with Crippen LogP contribution in [0.25, 0.3) is 0 Å². The lowest BCUT2D eigenvalue weighted by atomic mass is 10.2. The molecule has 4 heteroatoms. The van der Waals surface area contributed by atoms with E-state index in [9.17, 15) is 9.18 Å². The number of hydrogen-bond donors (Lipinski definition) is 0. The van der Waals surface area contributed by atoms with Crippen LogP contribution >= 0.6 is 0 Å². The van der Waals surface area contributed by atoms with Gasteiger partial charge in [0.05, 0.1) is 6.54 Å². The summed E-state index contributed by atoms with van der Waals surface area (Å²) in [7, 11) is 0. The van der Waals surface area contributed by atoms with E-state index in [4.69, 9.17) is 0 Å². The SMILES string of the molecule is CCN(CC(=O)N(C(C)C)C(C)C)Cc1cccc(F)c1. The Morgan fingerprint density at radius 3 is 2.29 bits per heavy atom. The lowest BCUT2D eigenvalue weighted by Crippen LogP contribution is -2.47. The van der Waals surface area contributed by atoms with Crippen molar-refractivity contribution in [1.29, 1.82) is 0 Å². The van der Waals surface area contributed by atoms with Crippen molar-refractivity contribution in [2.75, 3.05) is 13.1 Å². The molecule has 0 aliphatic rings. The first-order chi connectivity index (χ1) is 9.85. The van der Waals surface area contributed by atoms with Crippen LogP contribution in [-0.2, 0) is 11.3 Å². The van der Waals surface area contributed by atoms with Crippen LogP contribution in [0.1, 0.15) is 40.2 Å². The molecule has 0 aromatic heterocycles. The van der Waals surface area contributed by atoms with Crippen LogP contribution in [0.15, 0.2) is 24.3 Å². The molecule has 0 radical (unpaired) electrons. The Morgan fingerprint density at radius 2 is 1.81 bits per heavy atom. The van der Waals surface area contributed by atoms with Gasteiger partial charge in [0.15, 0.2) is 0 Å². The highest BCUT2D eigenvalue weighted by Gasteiger charge is 2.21. The summed E-state index contributed by atoms with van der Waals surface area (Å²) in [4.78, 5) is 16.4. The first-order valence-electron chi connectivity index (χ1n) is 7.63. The standard InChI is InChI=1S/C17H27FN2O/c1-6-19(11-15-8-7-9-16(18)10-15)12-17(21)20(13(2)3)14(4)5/h7-10,13-14H,6,11-12H2,1-5H3. The van der Waals surface area contributed by atoms with Gasteiger partial charge in [0, 0.05) is 18.6 Å². The first-order valence-corrected chi connectivity index (χ1v) is 7.63. The Kier molecular flexibility index (Phi) is 6.82. The fourth-order valence-electron chi connectivity index (χ4n) is 2.62. The zero-order chi connectivity index (χ0) is 16.0. The predicted molar refractivity (Wildman–Crippen MR) is 84.5 cm³/mol. The normalized spacial score (nSPS) is 11.5. The van der Waals surface area contributed by atoms with Crippen molar-refractivity contribution in [2.24, 2.45) is 0 Å². The molecule has 1 amide bonds. The predicted octanol–water partition coefficient (Wildman–Crippen LogP) is 3.29. The number of nitrogens with zero attached hydrogens (tertiary/aromatic N) is 2. The molecule has 0 saturated heterocycles. The van der Waals surface area contributed by atoms with Gasteiger partial charge < -0.3 is 4.90 Å². The molecule has 0 heterocycles. The molecule has 0 aliphatic carbocycles. The molecule has 1 aromatic carbocycles. The molecule has 0 bridgehead atoms. The molecule has 118 valence electrons. The maximum absolute atomic E-state index is 13.2. The minimum atomic E-state index is -0.235. The topological polar surface area (TPSA) is 23.6 Å². The smallest absolute Gasteiger partial charge is 0.237 e. The fourth-order valence-corrected chi connectivity index (χ4v) is 2.62. The minimum absolute atomic E-state index is 0.123. The summed E-state index contributed by atoms with van der Waals surface area (Å²) in [6, 6.07) is 6.92. The van der Waals surface area contributed by atoms with Crippen molar-refractivity contribution in [2.45, 2.75) is 53.2 Å². The summed E-state index contributed by atoms with van der Waals surface area (Å²) in [5, 5.41) is 0. The molecule has 0 unspecified atom stereocenters. The van der Waals surface area contributed by atoms with Gasteiger partial charge in [-0.05, 0) is 51.9 Å². The van der Waals surface area contributed by atoms with Gasteiger partial charge in [0.25, 0.3) is 0 Å². The fraction of sp³-hybridized carbons (Fsp3) is 0.588. The number of carbonyl (C=O) groups is 1. The van der Waals surface area contributed by atoms with E-state index in [2.05, 4.69) is 0 Å². The van der Waals surface area contributed by atoms with E-state index in [0.717, 1.165) is 12.1 Å². The maximum Gasteiger partial charge on any atom is 0.237 e. The van der Waals surface area contributed by atoms with Crippen LogP contribution in [0.3, 0.4) is 0 Å². The van der Waals surface area contributed by atoms with E-state index in [0.29, 0.717) is 13.1 Å². The molecule has 1 aromatic rings. The van der Waals surface area contributed by atoms with Gasteiger partial charge in [-0.15, -0.1) is 0 Å². The summed E-state index contributed by atoms with van der Waals surface area (Å²) in [6.07, 6.45) is 0. The number of halogens is 1. The van der Waals surface area contributed by atoms with Crippen LogP contribution in [0, 0.1) is 5.82 Å². The van der Waals surface area contributed by atoms with E-state index in [1.54, 1.807) is 6.07 Å². The maximum atomic E-state index is 13.2. The number of carbonyl (C=O) groups excluding carboxylic acids is 1. The second kappa shape index (κ2) is 8.13. The van der Waals surface area contributed by atoms with Crippen molar-refractivity contribution in [3.63, 3.8) is 0 Å². The summed E-state index contributed by atoms with van der Waals surface area (Å²) in [6.45, 7) is 11.8. The molecule has 0 atom stereocenters. The first kappa shape index (κ1) is 17.6. The van der Waals surface area contributed by atoms with Crippen LogP contribution in [0.4, 0.5) is 4.39 Å². The van der Waals surface area contributed by atoms with E-state index in [-0.39, 0.29) is 23.8 Å². The molecule has 1 rings (SSSR count). The summed E-state index contributed by atoms with van der Waals surface area (Å²) in [5.41, 5.74) is 0.894. The molecular weight excluding hydrogens is 267 g/mol. The Balaban J connectivity index is 2.71. The van der Waals surface area contributed by atoms with Crippen molar-refractivity contribution < 1.29 is 9.18 Å². The van der Waals surface area contributed by atoms with Crippen molar-refractivity contribution in [3.8, 4) is 0 Å². The average molecular weight is 294 g/mol. The third kappa shape index (κ3) is 5.46. The summed E-state index contributed by atoms with van der Waals surface area (Å²) < 4.78 is 13.2. The molecular formula is C17H27FN2O. The highest BCUT2D eigenvalue weighted by molar-refractivity contribution is 5.78. The molecule has 0 spiro atoms. The van der Waals surface area contributed by atoms with Crippen LogP contribution in [0.5, 0.6) is 0 Å². The zero-order valence-corrected chi connectivity index (χ0v) is 13.8. The molecule has 21 heavy (non-hydrogen) atoms. The third-order valence-corrected chi connectivity index (χ3v) is 3.50. The lowest BCUT2D eigenvalue weighted by Gasteiger charge is -2.33. The van der Waals surface area contributed by atoms with Crippen LogP contribution in [-0.4, -0.2) is 40.9 Å². The van der Waals surface area contributed by atoms with Gasteiger partial charge in [-0.3, -0.25) is 9.69 Å². The van der Waals surface area contributed by atoms with Crippen molar-refractivity contribution >= 4 is 5.91 Å². The second-order valence-corrected chi connectivity index (χ2v) is 5.92. The number of amides is 1. The van der Waals surface area contributed by atoms with Gasteiger partial charge in [0.2, 0.25) is 5.91 Å². The monoisotopic (exact) mass is 294 g/mol. The van der Waals surface area contributed by atoms with Gasteiger partial charge in [-0.2, -0.15) is 0 Å². The average Bonchev–Trinajstić information content (AvgIpc) is 2.36. The number of rotatable bonds is 7. The van der Waals surface area contributed by atoms with Gasteiger partial charge >= 0.3 is 0 Å². The lowest BCUT2D eigenvalue weighted by molar-refractivity contribution is -0.136. The number of likely N-dealkylation sites (N-methyl/N-ethyl adjacent to an activating group) is 1. The van der Waals surface area contributed by atoms with Crippen molar-refractivity contribution in [1.82, 2.24) is 9.80 Å². The molecule has 0 N–H and O–H groups in total. The van der Waals surface area contributed by atoms with E-state index >= 15 is 0 Å². The zero-order valence-electron chi connectivity index (χ0n) is 13.8. The third-order valence-electron chi connectivity index (χ3n) is 3.50. The van der Waals surface area contributed by atoms with Crippen LogP contribution in [0.2, 0.25) is 0 Å². The summed E-state index contributed by atoms with van der Waals surface area (Å²) >= 11 is 0.